The second kappa shape index (κ2) is 7.12. The van der Waals surface area contributed by atoms with E-state index in [1.165, 1.54) is 12.5 Å². The molecule has 1 N–H and O–H groups in total. The molecule has 2 saturated carbocycles. The molecule has 2 aliphatic carbocycles. The number of carbonyl (C=O) groups is 2. The van der Waals surface area contributed by atoms with Crippen molar-refractivity contribution in [3.63, 3.8) is 0 Å². The highest BCUT2D eigenvalue weighted by Crippen LogP contribution is 2.49. The van der Waals surface area contributed by atoms with Crippen LogP contribution in [0.1, 0.15) is 50.0 Å². The molecule has 5 heteroatoms. The number of rotatable bonds is 5. The van der Waals surface area contributed by atoms with Crippen molar-refractivity contribution in [1.82, 2.24) is 5.32 Å². The molecule has 24 heavy (non-hydrogen) atoms. The standard InChI is InChI=1S/C19H21FN2O2/c20-17-9-5-4-8-13(17)14-10-15(14)18(23)16(11-21)19(24)22-12-6-2-1-3-7-12/h4-5,8-9,12,14-16H,1-3,6-7,10H2,(H,22,24). The number of nitrogens with one attached hydrogen (secondary N) is 1. The predicted octanol–water partition coefficient (Wildman–Crippen LogP) is 3.09. The van der Waals surface area contributed by atoms with Crippen LogP contribution in [-0.4, -0.2) is 17.7 Å². The number of ketones is 1. The summed E-state index contributed by atoms with van der Waals surface area (Å²) in [6.45, 7) is 0. The molecule has 0 aliphatic heterocycles. The number of hydrogen-bond acceptors (Lipinski definition) is 3. The van der Waals surface area contributed by atoms with Gasteiger partial charge in [0.1, 0.15) is 5.82 Å². The third-order valence-corrected chi connectivity index (χ3v) is 5.09. The molecule has 0 heterocycles. The summed E-state index contributed by atoms with van der Waals surface area (Å²) in [5, 5.41) is 12.1. The zero-order valence-corrected chi connectivity index (χ0v) is 13.5. The van der Waals surface area contributed by atoms with E-state index < -0.39 is 17.7 Å². The topological polar surface area (TPSA) is 70.0 Å². The quantitative estimate of drug-likeness (QED) is 0.844. The number of hydrogen-bond donors (Lipinski definition) is 1. The van der Waals surface area contributed by atoms with Crippen LogP contribution in [0.2, 0.25) is 0 Å². The molecule has 3 unspecified atom stereocenters. The van der Waals surface area contributed by atoms with Gasteiger partial charge in [-0.25, -0.2) is 4.39 Å². The number of amides is 1. The van der Waals surface area contributed by atoms with E-state index in [1.54, 1.807) is 18.2 Å². The van der Waals surface area contributed by atoms with Crippen LogP contribution in [0.5, 0.6) is 0 Å². The van der Waals surface area contributed by atoms with E-state index in [9.17, 15) is 19.2 Å². The van der Waals surface area contributed by atoms with Gasteiger partial charge in [0.15, 0.2) is 11.7 Å². The molecule has 0 saturated heterocycles. The average molecular weight is 328 g/mol. The molecule has 0 spiro atoms. The Balaban J connectivity index is 1.62. The summed E-state index contributed by atoms with van der Waals surface area (Å²) in [7, 11) is 0. The lowest BCUT2D eigenvalue weighted by atomic mass is 9.93. The molecular formula is C19H21FN2O2. The SMILES string of the molecule is N#CC(C(=O)NC1CCCCC1)C(=O)C1CC1c1ccccc1F. The Morgan fingerprint density at radius 3 is 2.58 bits per heavy atom. The fraction of sp³-hybridized carbons (Fsp3) is 0.526. The number of Topliss-reactive ketones (excluding diaryl/α,β-unsaturated/α-hetero) is 1. The molecule has 3 atom stereocenters. The molecule has 1 amide bonds. The third kappa shape index (κ3) is 3.48. The normalized spacial score (nSPS) is 24.7. The summed E-state index contributed by atoms with van der Waals surface area (Å²) in [5.41, 5.74) is 0.500. The van der Waals surface area contributed by atoms with Gasteiger partial charge in [-0.1, -0.05) is 37.5 Å². The molecule has 0 radical (unpaired) electrons. The third-order valence-electron chi connectivity index (χ3n) is 5.09. The Kier molecular flexibility index (Phi) is 4.94. The summed E-state index contributed by atoms with van der Waals surface area (Å²) in [6.07, 6.45) is 5.61. The largest absolute Gasteiger partial charge is 0.352 e. The summed E-state index contributed by atoms with van der Waals surface area (Å²) in [6, 6.07) is 8.28. The highest BCUT2D eigenvalue weighted by molar-refractivity contribution is 6.06. The minimum atomic E-state index is -1.28. The summed E-state index contributed by atoms with van der Waals surface area (Å²) >= 11 is 0. The number of nitriles is 1. The van der Waals surface area contributed by atoms with E-state index in [0.29, 0.717) is 12.0 Å². The van der Waals surface area contributed by atoms with Gasteiger partial charge in [-0.2, -0.15) is 5.26 Å². The second-order valence-corrected chi connectivity index (χ2v) is 6.78. The molecule has 1 aromatic rings. The Morgan fingerprint density at radius 1 is 1.21 bits per heavy atom. The lowest BCUT2D eigenvalue weighted by molar-refractivity contribution is -0.132. The number of nitrogens with zero attached hydrogens (tertiary/aromatic N) is 1. The van der Waals surface area contributed by atoms with Crippen molar-refractivity contribution in [2.24, 2.45) is 11.8 Å². The van der Waals surface area contributed by atoms with Crippen molar-refractivity contribution in [2.75, 3.05) is 0 Å². The highest BCUT2D eigenvalue weighted by atomic mass is 19.1. The van der Waals surface area contributed by atoms with Crippen LogP contribution in [-0.2, 0) is 9.59 Å². The maximum Gasteiger partial charge on any atom is 0.245 e. The zero-order valence-electron chi connectivity index (χ0n) is 13.5. The Morgan fingerprint density at radius 2 is 1.92 bits per heavy atom. The first-order valence-corrected chi connectivity index (χ1v) is 8.60. The number of carbonyl (C=O) groups excluding carboxylic acids is 2. The highest BCUT2D eigenvalue weighted by Gasteiger charge is 2.48. The van der Waals surface area contributed by atoms with Crippen molar-refractivity contribution in [1.29, 1.82) is 5.26 Å². The molecule has 2 aliphatic rings. The van der Waals surface area contributed by atoms with E-state index in [0.717, 1.165) is 25.7 Å². The molecule has 0 bridgehead atoms. The van der Waals surface area contributed by atoms with Crippen LogP contribution in [0.15, 0.2) is 24.3 Å². The summed E-state index contributed by atoms with van der Waals surface area (Å²) in [4.78, 5) is 24.8. The van der Waals surface area contributed by atoms with Gasteiger partial charge in [0.05, 0.1) is 6.07 Å². The first kappa shape index (κ1) is 16.6. The van der Waals surface area contributed by atoms with Crippen molar-refractivity contribution in [3.8, 4) is 6.07 Å². The molecule has 4 nitrogen and oxygen atoms in total. The van der Waals surface area contributed by atoms with Crippen LogP contribution in [0.4, 0.5) is 4.39 Å². The minimum Gasteiger partial charge on any atom is -0.352 e. The molecule has 126 valence electrons. The van der Waals surface area contributed by atoms with Crippen molar-refractivity contribution < 1.29 is 14.0 Å². The first-order valence-electron chi connectivity index (χ1n) is 8.60. The molecule has 3 rings (SSSR count). The fourth-order valence-electron chi connectivity index (χ4n) is 3.63. The smallest absolute Gasteiger partial charge is 0.245 e. The number of halogens is 1. The maximum atomic E-state index is 13.8. The van der Waals surface area contributed by atoms with E-state index in [-0.39, 0.29) is 23.6 Å². The van der Waals surface area contributed by atoms with Crippen LogP contribution < -0.4 is 5.32 Å². The van der Waals surface area contributed by atoms with E-state index >= 15 is 0 Å². The lowest BCUT2D eigenvalue weighted by Crippen LogP contribution is -2.42. The zero-order chi connectivity index (χ0) is 17.1. The average Bonchev–Trinajstić information content (AvgIpc) is 3.37. The summed E-state index contributed by atoms with van der Waals surface area (Å²) in [5.74, 6) is -3.13. The van der Waals surface area contributed by atoms with Crippen molar-refractivity contribution >= 4 is 11.7 Å². The summed E-state index contributed by atoms with van der Waals surface area (Å²) < 4.78 is 13.8. The van der Waals surface area contributed by atoms with Gasteiger partial charge in [0.2, 0.25) is 5.91 Å². The minimum absolute atomic E-state index is 0.0662. The van der Waals surface area contributed by atoms with Gasteiger partial charge >= 0.3 is 0 Å². The number of benzene rings is 1. The monoisotopic (exact) mass is 328 g/mol. The van der Waals surface area contributed by atoms with Gasteiger partial charge in [-0.05, 0) is 36.8 Å². The van der Waals surface area contributed by atoms with Gasteiger partial charge < -0.3 is 5.32 Å². The maximum absolute atomic E-state index is 13.8. The van der Waals surface area contributed by atoms with Crippen LogP contribution in [0.25, 0.3) is 0 Å². The molecule has 2 fully saturated rings. The van der Waals surface area contributed by atoms with Gasteiger partial charge in [-0.3, -0.25) is 9.59 Å². The van der Waals surface area contributed by atoms with E-state index in [4.69, 9.17) is 0 Å². The van der Waals surface area contributed by atoms with Gasteiger partial charge in [0.25, 0.3) is 0 Å². The van der Waals surface area contributed by atoms with Crippen LogP contribution >= 0.6 is 0 Å². The van der Waals surface area contributed by atoms with Gasteiger partial charge in [0, 0.05) is 12.0 Å². The predicted molar refractivity (Wildman–Crippen MR) is 86.4 cm³/mol. The fourth-order valence-corrected chi connectivity index (χ4v) is 3.63. The van der Waals surface area contributed by atoms with Crippen molar-refractivity contribution in [3.05, 3.63) is 35.6 Å². The Bertz CT molecular complexity index is 676. The Hall–Kier alpha value is -2.22. The van der Waals surface area contributed by atoms with E-state index in [1.807, 2.05) is 6.07 Å². The second-order valence-electron chi connectivity index (χ2n) is 6.78. The van der Waals surface area contributed by atoms with Crippen LogP contribution in [0.3, 0.4) is 0 Å². The lowest BCUT2D eigenvalue weighted by Gasteiger charge is -2.23. The molecule has 1 aromatic carbocycles. The first-order chi connectivity index (χ1) is 11.6. The molecular weight excluding hydrogens is 307 g/mol. The van der Waals surface area contributed by atoms with Crippen molar-refractivity contribution in [2.45, 2.75) is 50.5 Å². The Labute approximate surface area is 141 Å². The molecule has 0 aromatic heterocycles. The van der Waals surface area contributed by atoms with Gasteiger partial charge in [-0.15, -0.1) is 0 Å². The van der Waals surface area contributed by atoms with E-state index in [2.05, 4.69) is 5.32 Å². The van der Waals surface area contributed by atoms with Crippen LogP contribution in [0, 0.1) is 29.0 Å².